The second-order valence-electron chi connectivity index (χ2n) is 7.30. The number of anilines is 1. The van der Waals surface area contributed by atoms with E-state index in [0.717, 1.165) is 12.0 Å². The molecule has 0 atom stereocenters. The molecule has 1 aliphatic rings. The Balaban J connectivity index is 1.49. The number of nitrogens with zero attached hydrogens (tertiary/aromatic N) is 1. The number of fused-ring (bicyclic) bond motifs is 1. The predicted molar refractivity (Wildman–Crippen MR) is 116 cm³/mol. The van der Waals surface area contributed by atoms with E-state index in [4.69, 9.17) is 0 Å². The van der Waals surface area contributed by atoms with E-state index < -0.39 is 10.0 Å². The molecule has 4 rings (SSSR count). The molecule has 0 bridgehead atoms. The van der Waals surface area contributed by atoms with Gasteiger partial charge in [0.25, 0.3) is 15.9 Å². The van der Waals surface area contributed by atoms with Gasteiger partial charge in [-0.15, -0.1) is 11.3 Å². The van der Waals surface area contributed by atoms with Gasteiger partial charge in [-0.25, -0.2) is 8.42 Å². The van der Waals surface area contributed by atoms with Crippen molar-refractivity contribution in [1.29, 1.82) is 0 Å². The van der Waals surface area contributed by atoms with Gasteiger partial charge in [0.2, 0.25) is 0 Å². The third-order valence-corrected chi connectivity index (χ3v) is 7.66. The first-order chi connectivity index (χ1) is 13.8. The Bertz CT molecular complexity index is 1170. The van der Waals surface area contributed by atoms with E-state index >= 15 is 0 Å². The lowest BCUT2D eigenvalue weighted by molar-refractivity contribution is 0.0736. The fraction of sp³-hybridized carbons (Fsp3) is 0.227. The number of amides is 1. The lowest BCUT2D eigenvalue weighted by atomic mass is 10.1. The topological polar surface area (TPSA) is 66.5 Å². The van der Waals surface area contributed by atoms with Crippen LogP contribution in [0, 0.1) is 13.8 Å². The van der Waals surface area contributed by atoms with Crippen LogP contribution < -0.4 is 4.72 Å². The Morgan fingerprint density at radius 1 is 1.07 bits per heavy atom. The zero-order valence-electron chi connectivity index (χ0n) is 16.3. The van der Waals surface area contributed by atoms with Crippen molar-refractivity contribution in [3.63, 3.8) is 0 Å². The van der Waals surface area contributed by atoms with Gasteiger partial charge in [-0.05, 0) is 78.7 Å². The van der Waals surface area contributed by atoms with Gasteiger partial charge in [0, 0.05) is 29.2 Å². The number of benzene rings is 2. The van der Waals surface area contributed by atoms with E-state index in [9.17, 15) is 13.2 Å². The van der Waals surface area contributed by atoms with E-state index in [2.05, 4.69) is 16.2 Å². The summed E-state index contributed by atoms with van der Waals surface area (Å²) in [6.45, 7) is 4.96. The van der Waals surface area contributed by atoms with Crippen molar-refractivity contribution in [3.8, 4) is 0 Å². The maximum absolute atomic E-state index is 12.8. The highest BCUT2D eigenvalue weighted by atomic mass is 32.2. The Kier molecular flexibility index (Phi) is 5.19. The van der Waals surface area contributed by atoms with Crippen LogP contribution in [0.3, 0.4) is 0 Å². The molecule has 1 aliphatic heterocycles. The number of nitrogens with one attached hydrogen (secondary N) is 1. The molecule has 0 unspecified atom stereocenters. The SMILES string of the molecule is Cc1ccc(C)c(S(=O)(=O)Nc2ccc(C(=O)N3CCc4sccc4C3)cc2)c1. The van der Waals surface area contributed by atoms with Gasteiger partial charge >= 0.3 is 0 Å². The normalized spacial score (nSPS) is 13.8. The van der Waals surface area contributed by atoms with E-state index in [0.29, 0.717) is 29.9 Å². The van der Waals surface area contributed by atoms with Gasteiger partial charge in [0.05, 0.1) is 4.90 Å². The van der Waals surface area contributed by atoms with Crippen molar-refractivity contribution in [2.24, 2.45) is 0 Å². The second-order valence-corrected chi connectivity index (χ2v) is 9.95. The molecule has 29 heavy (non-hydrogen) atoms. The summed E-state index contributed by atoms with van der Waals surface area (Å²) in [6, 6.07) is 14.0. The molecule has 0 saturated heterocycles. The highest BCUT2D eigenvalue weighted by Crippen LogP contribution is 2.26. The fourth-order valence-electron chi connectivity index (χ4n) is 3.49. The number of carbonyl (C=O) groups excluding carboxylic acids is 1. The summed E-state index contributed by atoms with van der Waals surface area (Å²) in [6.07, 6.45) is 0.881. The van der Waals surface area contributed by atoms with Crippen LogP contribution in [0.15, 0.2) is 58.8 Å². The summed E-state index contributed by atoms with van der Waals surface area (Å²) in [4.78, 5) is 16.3. The molecule has 0 aliphatic carbocycles. The molecule has 1 N–H and O–H groups in total. The second kappa shape index (κ2) is 7.65. The molecule has 1 aromatic heterocycles. The summed E-state index contributed by atoms with van der Waals surface area (Å²) in [5.41, 5.74) is 3.77. The van der Waals surface area contributed by atoms with Crippen molar-refractivity contribution in [2.75, 3.05) is 11.3 Å². The minimum atomic E-state index is -3.69. The molecule has 0 fully saturated rings. The standard InChI is InChI=1S/C22H22N2O3S2/c1-15-3-4-16(2)21(13-15)29(26,27)23-19-7-5-17(6-8-19)22(25)24-11-9-20-18(14-24)10-12-28-20/h3-8,10,12-13,23H,9,11,14H2,1-2H3. The maximum Gasteiger partial charge on any atom is 0.262 e. The molecule has 2 heterocycles. The number of hydrogen-bond acceptors (Lipinski definition) is 4. The summed E-state index contributed by atoms with van der Waals surface area (Å²) >= 11 is 1.74. The van der Waals surface area contributed by atoms with Gasteiger partial charge in [-0.2, -0.15) is 0 Å². The molecule has 0 saturated carbocycles. The number of rotatable bonds is 4. The van der Waals surface area contributed by atoms with Crippen molar-refractivity contribution in [3.05, 3.63) is 81.0 Å². The number of carbonyl (C=O) groups is 1. The smallest absolute Gasteiger partial charge is 0.262 e. The lowest BCUT2D eigenvalue weighted by Crippen LogP contribution is -2.35. The van der Waals surface area contributed by atoms with Crippen LogP contribution in [0.5, 0.6) is 0 Å². The molecule has 1 amide bonds. The van der Waals surface area contributed by atoms with Crippen LogP contribution in [0.4, 0.5) is 5.69 Å². The van der Waals surface area contributed by atoms with Crippen LogP contribution in [0.2, 0.25) is 0 Å². The Labute approximate surface area is 175 Å². The molecule has 2 aromatic carbocycles. The first-order valence-corrected chi connectivity index (χ1v) is 11.7. The molecule has 7 heteroatoms. The van der Waals surface area contributed by atoms with Crippen LogP contribution in [0.1, 0.15) is 31.9 Å². The highest BCUT2D eigenvalue weighted by Gasteiger charge is 2.23. The highest BCUT2D eigenvalue weighted by molar-refractivity contribution is 7.92. The Morgan fingerprint density at radius 2 is 1.83 bits per heavy atom. The average molecular weight is 427 g/mol. The monoisotopic (exact) mass is 426 g/mol. The van der Waals surface area contributed by atoms with Crippen LogP contribution in [0.25, 0.3) is 0 Å². The van der Waals surface area contributed by atoms with Gasteiger partial charge in [0.1, 0.15) is 0 Å². The first-order valence-electron chi connectivity index (χ1n) is 9.38. The largest absolute Gasteiger partial charge is 0.334 e. The summed E-state index contributed by atoms with van der Waals surface area (Å²) in [7, 11) is -3.69. The number of hydrogen-bond donors (Lipinski definition) is 1. The average Bonchev–Trinajstić information content (AvgIpc) is 3.17. The lowest BCUT2D eigenvalue weighted by Gasteiger charge is -2.27. The van der Waals surface area contributed by atoms with Crippen LogP contribution in [-0.2, 0) is 23.0 Å². The molecular weight excluding hydrogens is 404 g/mol. The van der Waals surface area contributed by atoms with Crippen molar-refractivity contribution < 1.29 is 13.2 Å². The molecule has 5 nitrogen and oxygen atoms in total. The fourth-order valence-corrected chi connectivity index (χ4v) is 5.77. The van der Waals surface area contributed by atoms with Crippen molar-refractivity contribution in [1.82, 2.24) is 4.90 Å². The van der Waals surface area contributed by atoms with Gasteiger partial charge in [-0.3, -0.25) is 9.52 Å². The Morgan fingerprint density at radius 3 is 2.59 bits per heavy atom. The van der Waals surface area contributed by atoms with Crippen LogP contribution >= 0.6 is 11.3 Å². The maximum atomic E-state index is 12.8. The van der Waals surface area contributed by atoms with Crippen LogP contribution in [-0.4, -0.2) is 25.8 Å². The molecule has 150 valence electrons. The summed E-state index contributed by atoms with van der Waals surface area (Å²) in [5.74, 6) is -0.0363. The minimum Gasteiger partial charge on any atom is -0.334 e. The van der Waals surface area contributed by atoms with E-state index in [1.807, 2.05) is 17.9 Å². The van der Waals surface area contributed by atoms with Gasteiger partial charge in [-0.1, -0.05) is 12.1 Å². The van der Waals surface area contributed by atoms with Gasteiger partial charge < -0.3 is 4.90 Å². The quantitative estimate of drug-likeness (QED) is 0.674. The zero-order chi connectivity index (χ0) is 20.6. The number of sulfonamides is 1. The molecule has 3 aromatic rings. The van der Waals surface area contributed by atoms with Crippen molar-refractivity contribution >= 4 is 33.0 Å². The summed E-state index contributed by atoms with van der Waals surface area (Å²) < 4.78 is 28.1. The third-order valence-electron chi connectivity index (χ3n) is 5.11. The van der Waals surface area contributed by atoms with E-state index in [1.165, 1.54) is 10.4 Å². The predicted octanol–water partition coefficient (Wildman–Crippen LogP) is 4.36. The number of thiophene rings is 1. The minimum absolute atomic E-state index is 0.0363. The number of aryl methyl sites for hydroxylation is 2. The summed E-state index contributed by atoms with van der Waals surface area (Å²) in [5, 5.41) is 2.06. The first kappa shape index (κ1) is 19.7. The third kappa shape index (κ3) is 4.06. The Hall–Kier alpha value is -2.64. The van der Waals surface area contributed by atoms with E-state index in [1.54, 1.807) is 54.7 Å². The van der Waals surface area contributed by atoms with E-state index in [-0.39, 0.29) is 10.8 Å². The van der Waals surface area contributed by atoms with Crippen molar-refractivity contribution in [2.45, 2.75) is 31.7 Å². The molecular formula is C22H22N2O3S2. The molecule has 0 spiro atoms. The zero-order valence-corrected chi connectivity index (χ0v) is 17.9. The molecule has 0 radical (unpaired) electrons. The van der Waals surface area contributed by atoms with Gasteiger partial charge in [0.15, 0.2) is 0 Å².